The van der Waals surface area contributed by atoms with Crippen molar-refractivity contribution in [2.45, 2.75) is 25.7 Å². The minimum Gasteiger partial charge on any atom is -0.495 e. The molecule has 2 amide bonds. The molecule has 0 aromatic heterocycles. The van der Waals surface area contributed by atoms with E-state index in [2.05, 4.69) is 10.6 Å². The summed E-state index contributed by atoms with van der Waals surface area (Å²) in [5.74, 6) is -0.692. The number of anilines is 2. The molecule has 154 valence electrons. The quantitative estimate of drug-likeness (QED) is 0.505. The first-order valence-electron chi connectivity index (χ1n) is 8.89. The van der Waals surface area contributed by atoms with E-state index in [1.165, 1.54) is 25.8 Å². The van der Waals surface area contributed by atoms with Crippen LogP contribution in [0.15, 0.2) is 41.3 Å². The van der Waals surface area contributed by atoms with Gasteiger partial charge in [-0.05, 0) is 43.7 Å². The molecule has 0 heterocycles. The summed E-state index contributed by atoms with van der Waals surface area (Å²) < 4.78 is 10.2. The summed E-state index contributed by atoms with van der Waals surface area (Å²) in [7, 11) is 1.47. The number of hydrogen-bond acceptors (Lipinski definition) is 6. The molecule has 2 N–H and O–H groups in total. The average molecular weight is 416 g/mol. The third-order valence-corrected chi connectivity index (χ3v) is 4.98. The monoisotopic (exact) mass is 416 g/mol. The highest BCUT2D eigenvalue weighted by Crippen LogP contribution is 2.28. The first kappa shape index (κ1) is 22.3. The van der Waals surface area contributed by atoms with E-state index in [0.717, 1.165) is 16.0 Å². The van der Waals surface area contributed by atoms with Crippen LogP contribution in [-0.4, -0.2) is 37.3 Å². The van der Waals surface area contributed by atoms with Gasteiger partial charge in [-0.15, -0.1) is 11.8 Å². The maximum atomic E-state index is 12.1. The molecule has 0 aliphatic carbocycles. The van der Waals surface area contributed by atoms with Crippen molar-refractivity contribution >= 4 is 40.9 Å². The van der Waals surface area contributed by atoms with E-state index in [1.807, 2.05) is 32.0 Å². The number of methoxy groups -OCH3 is 1. The van der Waals surface area contributed by atoms with Crippen molar-refractivity contribution in [3.8, 4) is 5.75 Å². The van der Waals surface area contributed by atoms with Crippen LogP contribution in [0.1, 0.15) is 18.1 Å². The van der Waals surface area contributed by atoms with Crippen LogP contribution in [0.25, 0.3) is 0 Å². The molecule has 0 spiro atoms. The van der Waals surface area contributed by atoms with Gasteiger partial charge in [-0.3, -0.25) is 14.4 Å². The van der Waals surface area contributed by atoms with Gasteiger partial charge in [0.1, 0.15) is 5.75 Å². The summed E-state index contributed by atoms with van der Waals surface area (Å²) in [6.45, 7) is 4.96. The van der Waals surface area contributed by atoms with E-state index in [0.29, 0.717) is 17.1 Å². The summed E-state index contributed by atoms with van der Waals surface area (Å²) >= 11 is 1.37. The van der Waals surface area contributed by atoms with Gasteiger partial charge >= 0.3 is 5.97 Å². The van der Waals surface area contributed by atoms with Crippen LogP contribution in [-0.2, 0) is 19.1 Å². The maximum Gasteiger partial charge on any atom is 0.316 e. The minimum atomic E-state index is -0.506. The van der Waals surface area contributed by atoms with Gasteiger partial charge in [-0.1, -0.05) is 17.7 Å². The van der Waals surface area contributed by atoms with Crippen molar-refractivity contribution in [2.75, 3.05) is 30.1 Å². The predicted octanol–water partition coefficient (Wildman–Crippen LogP) is 3.54. The Kier molecular flexibility index (Phi) is 8.09. The molecule has 2 rings (SSSR count). The fourth-order valence-electron chi connectivity index (χ4n) is 2.56. The summed E-state index contributed by atoms with van der Waals surface area (Å²) in [5.41, 5.74) is 3.12. The Labute approximate surface area is 174 Å². The molecule has 0 radical (unpaired) electrons. The second kappa shape index (κ2) is 10.5. The Bertz CT molecular complexity index is 914. The molecule has 2 aromatic carbocycles. The molecule has 0 aliphatic heterocycles. The Morgan fingerprint density at radius 3 is 2.45 bits per heavy atom. The fraction of sp³-hybridized carbons (Fsp3) is 0.286. The molecule has 0 saturated heterocycles. The van der Waals surface area contributed by atoms with Gasteiger partial charge in [0.2, 0.25) is 5.91 Å². The van der Waals surface area contributed by atoms with Gasteiger partial charge in [-0.25, -0.2) is 0 Å². The van der Waals surface area contributed by atoms with Crippen LogP contribution in [0, 0.1) is 13.8 Å². The number of amides is 2. The van der Waals surface area contributed by atoms with Crippen molar-refractivity contribution in [1.29, 1.82) is 0 Å². The number of thioether (sulfide) groups is 1. The minimum absolute atomic E-state index is 0.110. The molecule has 0 fully saturated rings. The third-order valence-electron chi connectivity index (χ3n) is 3.83. The lowest BCUT2D eigenvalue weighted by Gasteiger charge is -2.12. The largest absolute Gasteiger partial charge is 0.495 e. The Hall–Kier alpha value is -3.00. The molecule has 0 bridgehead atoms. The van der Waals surface area contributed by atoms with Crippen molar-refractivity contribution in [3.63, 3.8) is 0 Å². The van der Waals surface area contributed by atoms with E-state index >= 15 is 0 Å². The number of carbonyl (C=O) groups is 3. The molecule has 0 saturated carbocycles. The van der Waals surface area contributed by atoms with E-state index in [9.17, 15) is 14.4 Å². The molecule has 8 heteroatoms. The van der Waals surface area contributed by atoms with E-state index in [-0.39, 0.29) is 11.7 Å². The lowest BCUT2D eigenvalue weighted by Crippen LogP contribution is -2.22. The van der Waals surface area contributed by atoms with E-state index < -0.39 is 18.5 Å². The van der Waals surface area contributed by atoms with Crippen molar-refractivity contribution in [2.24, 2.45) is 0 Å². The molecule has 2 aromatic rings. The van der Waals surface area contributed by atoms with Crippen molar-refractivity contribution in [3.05, 3.63) is 47.5 Å². The van der Waals surface area contributed by atoms with Crippen LogP contribution in [0.4, 0.5) is 11.4 Å². The number of benzene rings is 2. The Morgan fingerprint density at radius 1 is 1.03 bits per heavy atom. The van der Waals surface area contributed by atoms with Gasteiger partial charge in [0, 0.05) is 17.5 Å². The number of aryl methyl sites for hydroxylation is 2. The van der Waals surface area contributed by atoms with Gasteiger partial charge in [0.05, 0.1) is 18.6 Å². The fourth-order valence-corrected chi connectivity index (χ4v) is 3.37. The van der Waals surface area contributed by atoms with Gasteiger partial charge in [-0.2, -0.15) is 0 Å². The van der Waals surface area contributed by atoms with Gasteiger partial charge in [0.15, 0.2) is 6.61 Å². The van der Waals surface area contributed by atoms with Gasteiger partial charge in [0.25, 0.3) is 5.91 Å². The topological polar surface area (TPSA) is 93.7 Å². The highest BCUT2D eigenvalue weighted by Gasteiger charge is 2.12. The first-order valence-corrected chi connectivity index (χ1v) is 9.88. The number of ether oxygens (including phenoxy) is 2. The van der Waals surface area contributed by atoms with E-state index in [1.54, 1.807) is 18.2 Å². The Morgan fingerprint density at radius 2 is 1.79 bits per heavy atom. The summed E-state index contributed by atoms with van der Waals surface area (Å²) in [5, 5.41) is 5.25. The van der Waals surface area contributed by atoms with E-state index in [4.69, 9.17) is 9.47 Å². The molecular formula is C21H24N2O5S. The van der Waals surface area contributed by atoms with Gasteiger partial charge < -0.3 is 20.1 Å². The number of carbonyl (C=O) groups excluding carboxylic acids is 3. The number of hydrogen-bond donors (Lipinski definition) is 2. The van der Waals surface area contributed by atoms with Crippen molar-refractivity contribution in [1.82, 2.24) is 0 Å². The standard InChI is InChI=1S/C21H24N2O5S/c1-13-5-8-19(14(2)9-13)29-12-21(26)28-11-20(25)23-17-10-16(22-15(3)24)6-7-18(17)27-4/h5-10H,11-12H2,1-4H3,(H,22,24)(H,23,25). The lowest BCUT2D eigenvalue weighted by atomic mass is 10.2. The molecule has 0 atom stereocenters. The molecule has 0 aliphatic rings. The average Bonchev–Trinajstić information content (AvgIpc) is 2.65. The molecule has 0 unspecified atom stereocenters. The Balaban J connectivity index is 1.87. The second-order valence-electron chi connectivity index (χ2n) is 6.36. The normalized spacial score (nSPS) is 10.2. The summed E-state index contributed by atoms with van der Waals surface area (Å²) in [4.78, 5) is 36.3. The molecule has 7 nitrogen and oxygen atoms in total. The van der Waals surface area contributed by atoms with Crippen LogP contribution in [0.5, 0.6) is 5.75 Å². The smallest absolute Gasteiger partial charge is 0.316 e. The van der Waals surface area contributed by atoms with Crippen LogP contribution < -0.4 is 15.4 Å². The van der Waals surface area contributed by atoms with Crippen molar-refractivity contribution < 1.29 is 23.9 Å². The van der Waals surface area contributed by atoms with Crippen LogP contribution in [0.3, 0.4) is 0 Å². The first-order chi connectivity index (χ1) is 13.8. The van der Waals surface area contributed by atoms with Crippen LogP contribution >= 0.6 is 11.8 Å². The highest BCUT2D eigenvalue weighted by molar-refractivity contribution is 8.00. The number of rotatable bonds is 8. The number of nitrogens with one attached hydrogen (secondary N) is 2. The predicted molar refractivity (Wildman–Crippen MR) is 114 cm³/mol. The second-order valence-corrected chi connectivity index (χ2v) is 7.38. The highest BCUT2D eigenvalue weighted by atomic mass is 32.2. The lowest BCUT2D eigenvalue weighted by molar-refractivity contribution is -0.144. The zero-order valence-corrected chi connectivity index (χ0v) is 17.6. The number of esters is 1. The molecule has 29 heavy (non-hydrogen) atoms. The zero-order valence-electron chi connectivity index (χ0n) is 16.8. The third kappa shape index (κ3) is 7.15. The zero-order chi connectivity index (χ0) is 21.4. The SMILES string of the molecule is COc1ccc(NC(C)=O)cc1NC(=O)COC(=O)CSc1ccc(C)cc1C. The summed E-state index contributed by atoms with van der Waals surface area (Å²) in [6, 6.07) is 10.8. The van der Waals surface area contributed by atoms with Crippen LogP contribution in [0.2, 0.25) is 0 Å². The molecular weight excluding hydrogens is 392 g/mol. The summed E-state index contributed by atoms with van der Waals surface area (Å²) in [6.07, 6.45) is 0. The maximum absolute atomic E-state index is 12.1.